The second-order valence-corrected chi connectivity index (χ2v) is 28.2. The van der Waals surface area contributed by atoms with Crippen molar-refractivity contribution in [2.24, 2.45) is 0 Å². The van der Waals surface area contributed by atoms with Gasteiger partial charge in [-0.15, -0.1) is 35.9 Å². The zero-order chi connectivity index (χ0) is 42.0. The normalized spacial score (nSPS) is 12.0. The number of hydrogen-bond donors (Lipinski definition) is 0. The van der Waals surface area contributed by atoms with Crippen LogP contribution < -0.4 is 4.40 Å². The molecule has 7 aromatic carbocycles. The molecule has 7 heteroatoms. The van der Waals surface area contributed by atoms with Crippen molar-refractivity contribution in [3.8, 4) is 28.3 Å². The van der Waals surface area contributed by atoms with E-state index >= 15 is 0 Å². The third-order valence-corrected chi connectivity index (χ3v) is 16.1. The van der Waals surface area contributed by atoms with Gasteiger partial charge in [0.15, 0.2) is 0 Å². The number of furan rings is 2. The zero-order valence-corrected chi connectivity index (χ0v) is 40.5. The van der Waals surface area contributed by atoms with Gasteiger partial charge < -0.3 is 9.40 Å². The first-order chi connectivity index (χ1) is 29.6. The number of para-hydroxylation sites is 3. The summed E-state index contributed by atoms with van der Waals surface area (Å²) in [6.45, 7) is 9.27. The summed E-state index contributed by atoms with van der Waals surface area (Å²) in [4.78, 5) is 9.57. The summed E-state index contributed by atoms with van der Waals surface area (Å²) in [6.07, 6.45) is 1.79. The van der Waals surface area contributed by atoms with E-state index in [0.29, 0.717) is 11.8 Å². The van der Waals surface area contributed by atoms with Gasteiger partial charge in [0.2, 0.25) is 0 Å². The molecule has 11 aromatic rings. The number of hydrogen-bond acceptors (Lipinski definition) is 4. The van der Waals surface area contributed by atoms with Crippen LogP contribution in [-0.2, 0) is 20.1 Å². The van der Waals surface area contributed by atoms with Crippen LogP contribution in [0.15, 0.2) is 155 Å². The Morgan fingerprint density at radius 1 is 0.581 bits per heavy atom. The van der Waals surface area contributed by atoms with Crippen molar-refractivity contribution in [3.63, 3.8) is 0 Å². The Morgan fingerprint density at radius 2 is 1.19 bits per heavy atom. The average Bonchev–Trinajstić information content (AvgIpc) is 3.98. The van der Waals surface area contributed by atoms with Crippen molar-refractivity contribution in [2.75, 3.05) is 0 Å². The summed E-state index contributed by atoms with van der Waals surface area (Å²) in [5.74, 6) is 8.98. The molecule has 62 heavy (non-hydrogen) atoms. The van der Waals surface area contributed by atoms with E-state index in [4.69, 9.17) is 13.8 Å². The Morgan fingerprint density at radius 3 is 1.84 bits per heavy atom. The van der Waals surface area contributed by atoms with Crippen LogP contribution in [0.2, 0.25) is 17.3 Å². The van der Waals surface area contributed by atoms with Gasteiger partial charge in [-0.2, -0.15) is 0 Å². The zero-order valence-electron chi connectivity index (χ0n) is 36.0. The van der Waals surface area contributed by atoms with E-state index in [0.717, 1.165) is 88.3 Å². The standard InChI is InChI=1S/C44H39GeN2O2.C11H8N.Ir/c1-25(2)35-23-27(45(5,6)7)24-36(26(3)4)40(35)47-38-17-10-9-16-37(38)46-44(47)34-15-12-14-29-31-21-22-32-33(42(31)49-43(29)34)20-19-30-28-13-8-11-18-39(28)48-41(30)32;1-2-6-10(7-3-1)11-8-4-5-9-12-11;/h8-14,16-26H,1-7H3;1-6,8-9H;/q2*-1;. The fraction of sp³-hybridized carbons (Fsp3) is 0.164. The second-order valence-electron chi connectivity index (χ2n) is 17.6. The fourth-order valence-electron chi connectivity index (χ4n) is 8.70. The second kappa shape index (κ2) is 16.5. The molecule has 4 heterocycles. The number of fused-ring (bicyclic) bond motifs is 10. The van der Waals surface area contributed by atoms with E-state index in [-0.39, 0.29) is 20.1 Å². The van der Waals surface area contributed by atoms with Crippen molar-refractivity contribution in [2.45, 2.75) is 56.8 Å². The van der Waals surface area contributed by atoms with Gasteiger partial charge in [-0.3, -0.25) is 0 Å². The van der Waals surface area contributed by atoms with E-state index in [9.17, 15) is 0 Å². The van der Waals surface area contributed by atoms with E-state index in [1.165, 1.54) is 16.8 Å². The van der Waals surface area contributed by atoms with Crippen molar-refractivity contribution in [1.82, 2.24) is 14.5 Å². The quantitative estimate of drug-likeness (QED) is 0.123. The van der Waals surface area contributed by atoms with Crippen LogP contribution in [0.3, 0.4) is 0 Å². The van der Waals surface area contributed by atoms with Crippen LogP contribution in [-0.4, -0.2) is 27.8 Å². The summed E-state index contributed by atoms with van der Waals surface area (Å²) >= 11 is -2.15. The Hall–Kier alpha value is -5.79. The van der Waals surface area contributed by atoms with E-state index in [1.54, 1.807) is 10.6 Å². The SMILES string of the molecule is CC(C)c1c[c]([Ge]([CH3])([CH3])[CH3])cc(C(C)C)c1-n1c(-c2[c-]ccc3c2oc2c3ccc3c2ccc2c4ccccc4oc23)nc2ccccc21.[Ir].[c-]1ccccc1-c1ccccn1. The molecule has 0 aliphatic carbocycles. The number of nitrogens with zero attached hydrogens (tertiary/aromatic N) is 3. The molecular formula is C55H47GeIrN3O2-2. The Bertz CT molecular complexity index is 3350. The Labute approximate surface area is 378 Å². The fourth-order valence-corrected chi connectivity index (χ4v) is 11.2. The number of imidazole rings is 1. The van der Waals surface area contributed by atoms with E-state index < -0.39 is 13.3 Å². The minimum absolute atomic E-state index is 0. The van der Waals surface area contributed by atoms with Gasteiger partial charge in [0, 0.05) is 37.1 Å². The first-order valence-electron chi connectivity index (χ1n) is 21.2. The van der Waals surface area contributed by atoms with Gasteiger partial charge in [-0.05, 0) is 23.9 Å². The van der Waals surface area contributed by atoms with Crippen LogP contribution in [0.4, 0.5) is 0 Å². The third kappa shape index (κ3) is 7.18. The summed E-state index contributed by atoms with van der Waals surface area (Å²) in [6, 6.07) is 55.0. The smallest absolute Gasteiger partial charge is 0.0160 e. The molecule has 0 N–H and O–H groups in total. The molecule has 309 valence electrons. The maximum Gasteiger partial charge on any atom is 0.0160 e. The van der Waals surface area contributed by atoms with Gasteiger partial charge in [0.1, 0.15) is 11.2 Å². The third-order valence-electron chi connectivity index (χ3n) is 11.9. The summed E-state index contributed by atoms with van der Waals surface area (Å²) in [5, 5.41) is 6.45. The molecule has 11 rings (SSSR count). The largest absolute Gasteiger partial charge is 0.305 e. The molecule has 0 bridgehead atoms. The van der Waals surface area contributed by atoms with E-state index in [1.807, 2.05) is 60.7 Å². The predicted octanol–water partition coefficient (Wildman–Crippen LogP) is 14.8. The molecule has 0 aliphatic rings. The first-order valence-corrected chi connectivity index (χ1v) is 28.6. The average molecular weight is 1050 g/mol. The molecule has 4 aromatic heterocycles. The molecule has 0 aliphatic heterocycles. The molecule has 0 amide bonds. The van der Waals surface area contributed by atoms with Crippen molar-refractivity contribution >= 4 is 83.3 Å². The minimum Gasteiger partial charge on any atom is -0.305 e. The number of rotatable bonds is 6. The Balaban J connectivity index is 0.000000325. The van der Waals surface area contributed by atoms with Gasteiger partial charge in [0.25, 0.3) is 0 Å². The molecule has 0 fully saturated rings. The maximum atomic E-state index is 6.96. The summed E-state index contributed by atoms with van der Waals surface area (Å²) < 4.78 is 17.3. The van der Waals surface area contributed by atoms with Gasteiger partial charge >= 0.3 is 233 Å². The van der Waals surface area contributed by atoms with Crippen molar-refractivity contribution in [3.05, 3.63) is 169 Å². The van der Waals surface area contributed by atoms with Gasteiger partial charge in [-0.1, -0.05) is 30.3 Å². The van der Waals surface area contributed by atoms with Crippen molar-refractivity contribution in [1.29, 1.82) is 0 Å². The van der Waals surface area contributed by atoms with Crippen LogP contribution in [0.25, 0.3) is 94.0 Å². The molecular weight excluding hydrogens is 999 g/mol. The summed E-state index contributed by atoms with van der Waals surface area (Å²) in [7, 11) is 0. The predicted molar refractivity (Wildman–Crippen MR) is 257 cm³/mol. The molecule has 0 unspecified atom stereocenters. The summed E-state index contributed by atoms with van der Waals surface area (Å²) in [5.41, 5.74) is 12.3. The van der Waals surface area contributed by atoms with Crippen LogP contribution in [0.1, 0.15) is 50.7 Å². The maximum absolute atomic E-state index is 6.96. The van der Waals surface area contributed by atoms with E-state index in [2.05, 4.69) is 146 Å². The van der Waals surface area contributed by atoms with Gasteiger partial charge in [0.05, 0.1) is 0 Å². The first kappa shape index (κ1) is 41.6. The van der Waals surface area contributed by atoms with Crippen LogP contribution >= 0.6 is 0 Å². The number of pyridine rings is 1. The molecule has 1 radical (unpaired) electrons. The molecule has 0 saturated carbocycles. The minimum atomic E-state index is -2.15. The van der Waals surface area contributed by atoms with Gasteiger partial charge in [-0.25, -0.2) is 0 Å². The Kier molecular flexibility index (Phi) is 11.1. The number of aromatic nitrogens is 3. The topological polar surface area (TPSA) is 57.0 Å². The molecule has 5 nitrogen and oxygen atoms in total. The molecule has 0 spiro atoms. The van der Waals surface area contributed by atoms with Crippen LogP contribution in [0.5, 0.6) is 0 Å². The molecule has 0 atom stereocenters. The number of benzene rings is 7. The van der Waals surface area contributed by atoms with Crippen molar-refractivity contribution < 1.29 is 28.9 Å². The molecule has 0 saturated heterocycles. The van der Waals surface area contributed by atoms with Crippen LogP contribution in [0, 0.1) is 12.1 Å². The monoisotopic (exact) mass is 1050 g/mol.